The maximum absolute atomic E-state index is 13.0. The summed E-state index contributed by atoms with van der Waals surface area (Å²) in [5, 5.41) is 3.79. The average Bonchev–Trinajstić information content (AvgIpc) is 3.63. The zero-order valence-electron chi connectivity index (χ0n) is 20.7. The van der Waals surface area contributed by atoms with Crippen molar-refractivity contribution in [3.05, 3.63) is 84.1 Å². The number of aromatic nitrogens is 1. The fourth-order valence-corrected chi connectivity index (χ4v) is 6.04. The van der Waals surface area contributed by atoms with Gasteiger partial charge in [-0.05, 0) is 86.6 Å². The van der Waals surface area contributed by atoms with Gasteiger partial charge in [0.25, 0.3) is 15.9 Å². The molecular formula is C29H28N4O4S. The molecule has 3 heterocycles. The van der Waals surface area contributed by atoms with Gasteiger partial charge in [-0.15, -0.1) is 0 Å². The van der Waals surface area contributed by atoms with Crippen molar-refractivity contribution in [1.29, 1.82) is 0 Å². The molecule has 2 aliphatic rings. The number of para-hydroxylation sites is 1. The van der Waals surface area contributed by atoms with Crippen molar-refractivity contribution in [1.82, 2.24) is 9.88 Å². The number of carbonyl (C=O) groups excluding carboxylic acids is 1. The van der Waals surface area contributed by atoms with Gasteiger partial charge in [-0.25, -0.2) is 8.42 Å². The van der Waals surface area contributed by atoms with Crippen molar-refractivity contribution in [2.75, 3.05) is 36.3 Å². The first-order valence-electron chi connectivity index (χ1n) is 12.7. The highest BCUT2D eigenvalue weighted by Gasteiger charge is 2.27. The molecule has 194 valence electrons. The zero-order valence-corrected chi connectivity index (χ0v) is 21.6. The van der Waals surface area contributed by atoms with Gasteiger partial charge in [-0.2, -0.15) is 0 Å². The van der Waals surface area contributed by atoms with Gasteiger partial charge in [-0.3, -0.25) is 14.4 Å². The summed E-state index contributed by atoms with van der Waals surface area (Å²) in [6, 6.07) is 21.2. The van der Waals surface area contributed by atoms with Crippen LogP contribution in [0.15, 0.2) is 77.7 Å². The normalized spacial score (nSPS) is 16.6. The molecule has 0 aliphatic carbocycles. The molecule has 0 unspecified atom stereocenters. The minimum absolute atomic E-state index is 0.0786. The van der Waals surface area contributed by atoms with E-state index in [4.69, 9.17) is 4.74 Å². The van der Waals surface area contributed by atoms with E-state index in [0.717, 1.165) is 42.0 Å². The van der Waals surface area contributed by atoms with E-state index in [2.05, 4.69) is 19.9 Å². The molecule has 0 bridgehead atoms. The molecule has 3 N–H and O–H groups in total. The Morgan fingerprint density at radius 1 is 0.974 bits per heavy atom. The van der Waals surface area contributed by atoms with Crippen molar-refractivity contribution in [3.63, 3.8) is 0 Å². The van der Waals surface area contributed by atoms with Crippen LogP contribution in [0.3, 0.4) is 0 Å². The maximum Gasteiger partial charge on any atom is 0.261 e. The van der Waals surface area contributed by atoms with Crippen LogP contribution in [0.4, 0.5) is 11.4 Å². The first-order valence-corrected chi connectivity index (χ1v) is 14.2. The molecule has 2 aliphatic heterocycles. The van der Waals surface area contributed by atoms with E-state index in [9.17, 15) is 13.2 Å². The number of aromatic amines is 1. The number of ether oxygens (including phenoxy) is 1. The number of likely N-dealkylation sites (tertiary alicyclic amines) is 1. The first-order chi connectivity index (χ1) is 18.4. The number of nitrogens with one attached hydrogen (secondary N) is 3. The predicted molar refractivity (Wildman–Crippen MR) is 150 cm³/mol. The predicted octanol–water partition coefficient (Wildman–Crippen LogP) is 4.94. The van der Waals surface area contributed by atoms with Crippen LogP contribution in [-0.2, 0) is 14.8 Å². The monoisotopic (exact) mass is 528 g/mol. The van der Waals surface area contributed by atoms with E-state index in [1.165, 1.54) is 25.0 Å². The lowest BCUT2D eigenvalue weighted by molar-refractivity contribution is -0.110. The van der Waals surface area contributed by atoms with Crippen molar-refractivity contribution >= 4 is 49.9 Å². The van der Waals surface area contributed by atoms with E-state index in [1.54, 1.807) is 36.4 Å². The second-order valence-corrected chi connectivity index (χ2v) is 11.2. The van der Waals surface area contributed by atoms with E-state index >= 15 is 0 Å². The van der Waals surface area contributed by atoms with Gasteiger partial charge >= 0.3 is 0 Å². The third-order valence-corrected chi connectivity index (χ3v) is 8.28. The number of sulfonamides is 1. The maximum atomic E-state index is 13.0. The topological polar surface area (TPSA) is 104 Å². The zero-order chi connectivity index (χ0) is 26.1. The molecule has 1 fully saturated rings. The third kappa shape index (κ3) is 5.03. The van der Waals surface area contributed by atoms with E-state index < -0.39 is 10.0 Å². The van der Waals surface area contributed by atoms with Crippen LogP contribution in [0.25, 0.3) is 22.6 Å². The highest BCUT2D eigenvalue weighted by Crippen LogP contribution is 2.35. The Bertz CT molecular complexity index is 1640. The number of H-pyrrole nitrogens is 1. The second kappa shape index (κ2) is 10.00. The Morgan fingerprint density at radius 3 is 2.61 bits per heavy atom. The summed E-state index contributed by atoms with van der Waals surface area (Å²) in [7, 11) is -3.83. The van der Waals surface area contributed by atoms with Gasteiger partial charge in [0.1, 0.15) is 12.4 Å². The van der Waals surface area contributed by atoms with Crippen LogP contribution >= 0.6 is 0 Å². The highest BCUT2D eigenvalue weighted by molar-refractivity contribution is 7.92. The van der Waals surface area contributed by atoms with Crippen LogP contribution < -0.4 is 14.8 Å². The minimum atomic E-state index is -3.83. The third-order valence-electron chi connectivity index (χ3n) is 6.90. The molecule has 8 nitrogen and oxygen atoms in total. The second-order valence-electron chi connectivity index (χ2n) is 9.56. The molecule has 0 saturated carbocycles. The van der Waals surface area contributed by atoms with Gasteiger partial charge in [0.05, 0.1) is 10.5 Å². The lowest BCUT2D eigenvalue weighted by atomic mass is 10.1. The number of amides is 1. The van der Waals surface area contributed by atoms with Crippen LogP contribution in [0, 0.1) is 0 Å². The lowest BCUT2D eigenvalue weighted by Crippen LogP contribution is -2.25. The van der Waals surface area contributed by atoms with Crippen molar-refractivity contribution in [3.8, 4) is 5.75 Å². The lowest BCUT2D eigenvalue weighted by Gasteiger charge is -2.14. The minimum Gasteiger partial charge on any atom is -0.492 e. The number of hydrogen-bond acceptors (Lipinski definition) is 5. The largest absolute Gasteiger partial charge is 0.492 e. The van der Waals surface area contributed by atoms with Gasteiger partial charge in [0, 0.05) is 40.1 Å². The number of anilines is 2. The average molecular weight is 529 g/mol. The standard InChI is InChI=1S/C29H28N4O4S/c34-29-26(25-19-24(9-11-28(25)31-29)38(35,36)32-21-6-2-1-3-7-21)18-22-16-20-17-23(8-10-27(20)30-22)37-15-14-33-12-4-5-13-33/h1-3,6-11,16-19,30,32H,4-5,12-15H2,(H,31,34). The first kappa shape index (κ1) is 24.3. The highest BCUT2D eigenvalue weighted by atomic mass is 32.2. The molecule has 3 aromatic carbocycles. The fraction of sp³-hybridized carbons (Fsp3) is 0.207. The summed E-state index contributed by atoms with van der Waals surface area (Å²) < 4.78 is 34.5. The smallest absolute Gasteiger partial charge is 0.261 e. The molecule has 0 spiro atoms. The Kier molecular flexibility index (Phi) is 6.39. The van der Waals surface area contributed by atoms with Crippen LogP contribution in [0.1, 0.15) is 24.1 Å². The number of benzene rings is 3. The van der Waals surface area contributed by atoms with Crippen molar-refractivity contribution in [2.24, 2.45) is 0 Å². The van der Waals surface area contributed by atoms with Crippen molar-refractivity contribution < 1.29 is 17.9 Å². The molecule has 9 heteroatoms. The Morgan fingerprint density at radius 2 is 1.79 bits per heavy atom. The summed E-state index contributed by atoms with van der Waals surface area (Å²) in [5.74, 6) is 0.523. The summed E-state index contributed by atoms with van der Waals surface area (Å²) in [5.41, 5.74) is 3.63. The molecule has 6 rings (SSSR count). The molecular weight excluding hydrogens is 500 g/mol. The number of fused-ring (bicyclic) bond motifs is 2. The number of hydrogen-bond donors (Lipinski definition) is 3. The number of nitrogens with zero attached hydrogens (tertiary/aromatic N) is 1. The van der Waals surface area contributed by atoms with Crippen LogP contribution in [0.2, 0.25) is 0 Å². The quantitative estimate of drug-likeness (QED) is 0.281. The molecule has 0 atom stereocenters. The van der Waals surface area contributed by atoms with Gasteiger partial charge < -0.3 is 15.0 Å². The molecule has 0 radical (unpaired) electrons. The Hall–Kier alpha value is -4.08. The molecule has 38 heavy (non-hydrogen) atoms. The fourth-order valence-electron chi connectivity index (χ4n) is 4.95. The number of rotatable bonds is 8. The molecule has 1 aromatic heterocycles. The SMILES string of the molecule is O=C1Nc2ccc(S(=O)(=O)Nc3ccccc3)cc2C1=Cc1cc2cc(OCCN3CCCC3)ccc2[nH]1. The van der Waals surface area contributed by atoms with Gasteiger partial charge in [0.2, 0.25) is 0 Å². The van der Waals surface area contributed by atoms with Crippen molar-refractivity contribution in [2.45, 2.75) is 17.7 Å². The van der Waals surface area contributed by atoms with E-state index in [1.807, 2.05) is 30.3 Å². The summed E-state index contributed by atoms with van der Waals surface area (Å²) in [6.07, 6.45) is 4.27. The summed E-state index contributed by atoms with van der Waals surface area (Å²) >= 11 is 0. The Balaban J connectivity index is 1.24. The van der Waals surface area contributed by atoms with E-state index in [0.29, 0.717) is 29.1 Å². The Labute approximate surface area is 221 Å². The van der Waals surface area contributed by atoms with Gasteiger partial charge in [-0.1, -0.05) is 18.2 Å². The summed E-state index contributed by atoms with van der Waals surface area (Å²) in [4.78, 5) is 18.6. The molecule has 4 aromatic rings. The number of carbonyl (C=O) groups is 1. The van der Waals surface area contributed by atoms with E-state index in [-0.39, 0.29) is 10.8 Å². The molecule has 1 saturated heterocycles. The van der Waals surface area contributed by atoms with Gasteiger partial charge in [0.15, 0.2) is 0 Å². The van der Waals surface area contributed by atoms with Crippen LogP contribution in [-0.4, -0.2) is 50.5 Å². The summed E-state index contributed by atoms with van der Waals surface area (Å²) in [6.45, 7) is 3.86. The molecule has 1 amide bonds. The van der Waals surface area contributed by atoms with Crippen LogP contribution in [0.5, 0.6) is 5.75 Å².